The Morgan fingerprint density at radius 2 is 2.00 bits per heavy atom. The number of carbonyl (C=O) groups is 2. The molecule has 1 amide bonds. The summed E-state index contributed by atoms with van der Waals surface area (Å²) in [6.45, 7) is 2.06. The highest BCUT2D eigenvalue weighted by atomic mass is 35.5. The van der Waals surface area contributed by atoms with E-state index in [0.717, 1.165) is 12.1 Å². The van der Waals surface area contributed by atoms with Crippen LogP contribution < -0.4 is 0 Å². The molecule has 2 rings (SSSR count). The number of hydrogen-bond donors (Lipinski definition) is 1. The van der Waals surface area contributed by atoms with Gasteiger partial charge in [-0.05, 0) is 24.5 Å². The van der Waals surface area contributed by atoms with E-state index in [1.807, 2.05) is 0 Å². The van der Waals surface area contributed by atoms with Crippen LogP contribution in [0.5, 0.6) is 0 Å². The first kappa shape index (κ1) is 15.1. The number of aliphatic carboxylic acids is 1. The molecule has 108 valence electrons. The summed E-state index contributed by atoms with van der Waals surface area (Å²) in [7, 11) is 0. The zero-order valence-electron chi connectivity index (χ0n) is 10.6. The van der Waals surface area contributed by atoms with Crippen LogP contribution in [-0.4, -0.2) is 34.5 Å². The minimum atomic E-state index is -1.08. The molecule has 0 aromatic heterocycles. The lowest BCUT2D eigenvalue weighted by atomic mass is 10.0. The summed E-state index contributed by atoms with van der Waals surface area (Å²) >= 11 is 11.5. The molecule has 4 nitrogen and oxygen atoms in total. The third-order valence-electron chi connectivity index (χ3n) is 3.45. The smallest absolute Gasteiger partial charge is 0.326 e. The summed E-state index contributed by atoms with van der Waals surface area (Å²) in [5.74, 6) is -2.60. The van der Waals surface area contributed by atoms with E-state index in [-0.39, 0.29) is 21.5 Å². The molecule has 1 aromatic carbocycles. The molecule has 0 bridgehead atoms. The Balaban J connectivity index is 2.37. The van der Waals surface area contributed by atoms with Gasteiger partial charge in [0.1, 0.15) is 11.9 Å². The number of carbonyl (C=O) groups excluding carboxylic acids is 1. The van der Waals surface area contributed by atoms with E-state index in [0.29, 0.717) is 13.0 Å². The van der Waals surface area contributed by atoms with Crippen molar-refractivity contribution < 1.29 is 19.1 Å². The molecule has 0 spiro atoms. The van der Waals surface area contributed by atoms with Gasteiger partial charge in [-0.3, -0.25) is 4.79 Å². The van der Waals surface area contributed by atoms with E-state index in [9.17, 15) is 19.1 Å². The van der Waals surface area contributed by atoms with Gasteiger partial charge in [0.15, 0.2) is 0 Å². The second kappa shape index (κ2) is 5.58. The second-order valence-corrected chi connectivity index (χ2v) is 5.61. The molecule has 1 saturated heterocycles. The van der Waals surface area contributed by atoms with Crippen molar-refractivity contribution in [2.45, 2.75) is 19.4 Å². The van der Waals surface area contributed by atoms with Gasteiger partial charge in [-0.15, -0.1) is 0 Å². The number of rotatable bonds is 2. The lowest BCUT2D eigenvalue weighted by Crippen LogP contribution is -2.42. The summed E-state index contributed by atoms with van der Waals surface area (Å²) in [6, 6.07) is 1.16. The third-order valence-corrected chi connectivity index (χ3v) is 4.06. The van der Waals surface area contributed by atoms with E-state index in [1.165, 1.54) is 4.90 Å². The number of likely N-dealkylation sites (tertiary alicyclic amines) is 1. The Kier molecular flexibility index (Phi) is 4.20. The molecule has 1 N–H and O–H groups in total. The molecule has 1 fully saturated rings. The minimum Gasteiger partial charge on any atom is -0.480 e. The van der Waals surface area contributed by atoms with Crippen molar-refractivity contribution in [3.05, 3.63) is 33.6 Å². The van der Waals surface area contributed by atoms with E-state index in [2.05, 4.69) is 0 Å². The van der Waals surface area contributed by atoms with Crippen molar-refractivity contribution >= 4 is 35.1 Å². The van der Waals surface area contributed by atoms with E-state index < -0.39 is 23.7 Å². The number of amides is 1. The standard InChI is InChI=1S/C13H12Cl2FNO3/c1-6-2-3-17(11(6)13(19)20)12(18)7-4-10(16)9(15)5-8(7)14/h4-6,11H,2-3H2,1H3,(H,19,20). The molecule has 7 heteroatoms. The van der Waals surface area contributed by atoms with Gasteiger partial charge in [0, 0.05) is 6.54 Å². The van der Waals surface area contributed by atoms with Crippen LogP contribution in [0.4, 0.5) is 4.39 Å². The molecule has 2 atom stereocenters. The fourth-order valence-corrected chi connectivity index (χ4v) is 2.86. The Labute approximate surface area is 125 Å². The molecule has 1 aliphatic rings. The van der Waals surface area contributed by atoms with Gasteiger partial charge >= 0.3 is 5.97 Å². The number of carboxylic acids is 1. The summed E-state index contributed by atoms with van der Waals surface area (Å²) in [4.78, 5) is 24.8. The Hall–Kier alpha value is -1.33. The lowest BCUT2D eigenvalue weighted by molar-refractivity contribution is -0.142. The summed E-state index contributed by atoms with van der Waals surface area (Å²) in [6.07, 6.45) is 0.580. The summed E-state index contributed by atoms with van der Waals surface area (Å²) in [5.41, 5.74) is -0.0751. The van der Waals surface area contributed by atoms with Crippen LogP contribution in [0.3, 0.4) is 0 Å². The molecule has 2 unspecified atom stereocenters. The molecule has 1 heterocycles. The quantitative estimate of drug-likeness (QED) is 0.852. The Bertz CT molecular complexity index is 579. The van der Waals surface area contributed by atoms with Crippen molar-refractivity contribution in [3.63, 3.8) is 0 Å². The maximum Gasteiger partial charge on any atom is 0.326 e. The van der Waals surface area contributed by atoms with Crippen LogP contribution in [0.25, 0.3) is 0 Å². The van der Waals surface area contributed by atoms with Gasteiger partial charge in [0.2, 0.25) is 0 Å². The van der Waals surface area contributed by atoms with Crippen LogP contribution in [0, 0.1) is 11.7 Å². The SMILES string of the molecule is CC1CCN(C(=O)c2cc(F)c(Cl)cc2Cl)C1C(=O)O. The largest absolute Gasteiger partial charge is 0.480 e. The minimum absolute atomic E-state index is 0.00471. The van der Waals surface area contributed by atoms with Crippen molar-refractivity contribution in [2.24, 2.45) is 5.92 Å². The van der Waals surface area contributed by atoms with Crippen LogP contribution in [0.15, 0.2) is 12.1 Å². The summed E-state index contributed by atoms with van der Waals surface area (Å²) < 4.78 is 13.5. The molecule has 1 aromatic rings. The zero-order valence-corrected chi connectivity index (χ0v) is 12.1. The topological polar surface area (TPSA) is 57.6 Å². The predicted molar refractivity (Wildman–Crippen MR) is 72.7 cm³/mol. The van der Waals surface area contributed by atoms with Gasteiger partial charge < -0.3 is 10.0 Å². The maximum atomic E-state index is 13.5. The number of hydrogen-bond acceptors (Lipinski definition) is 2. The number of nitrogens with zero attached hydrogens (tertiary/aromatic N) is 1. The van der Waals surface area contributed by atoms with Crippen LogP contribution >= 0.6 is 23.2 Å². The highest BCUT2D eigenvalue weighted by Gasteiger charge is 2.40. The first-order valence-corrected chi connectivity index (χ1v) is 6.77. The molecule has 1 aliphatic heterocycles. The normalized spacial score (nSPS) is 22.1. The second-order valence-electron chi connectivity index (χ2n) is 4.79. The van der Waals surface area contributed by atoms with Crippen molar-refractivity contribution in [3.8, 4) is 0 Å². The predicted octanol–water partition coefficient (Wildman–Crippen LogP) is 3.07. The van der Waals surface area contributed by atoms with Gasteiger partial charge in [0.05, 0.1) is 15.6 Å². The fraction of sp³-hybridized carbons (Fsp3) is 0.385. The zero-order chi connectivity index (χ0) is 15.0. The van der Waals surface area contributed by atoms with E-state index in [1.54, 1.807) is 6.92 Å². The molecule has 0 aliphatic carbocycles. The first-order valence-electron chi connectivity index (χ1n) is 6.01. The molecule has 0 saturated carbocycles. The summed E-state index contributed by atoms with van der Waals surface area (Å²) in [5, 5.41) is 9.02. The van der Waals surface area contributed by atoms with Gasteiger partial charge in [-0.2, -0.15) is 0 Å². The first-order chi connectivity index (χ1) is 9.32. The van der Waals surface area contributed by atoms with Crippen molar-refractivity contribution in [1.82, 2.24) is 4.90 Å². The molecular formula is C13H12Cl2FNO3. The van der Waals surface area contributed by atoms with Crippen molar-refractivity contribution in [1.29, 1.82) is 0 Å². The number of halogens is 3. The van der Waals surface area contributed by atoms with Crippen molar-refractivity contribution in [2.75, 3.05) is 6.54 Å². The molecular weight excluding hydrogens is 308 g/mol. The monoisotopic (exact) mass is 319 g/mol. The van der Waals surface area contributed by atoms with E-state index in [4.69, 9.17) is 23.2 Å². The average Bonchev–Trinajstić information content (AvgIpc) is 2.75. The van der Waals surface area contributed by atoms with Gasteiger partial charge in [0.25, 0.3) is 5.91 Å². The third kappa shape index (κ3) is 2.60. The van der Waals surface area contributed by atoms with Crippen LogP contribution in [-0.2, 0) is 4.79 Å². The Morgan fingerprint density at radius 3 is 2.60 bits per heavy atom. The highest BCUT2D eigenvalue weighted by Crippen LogP contribution is 2.30. The van der Waals surface area contributed by atoms with E-state index >= 15 is 0 Å². The number of benzene rings is 1. The van der Waals surface area contributed by atoms with Crippen LogP contribution in [0.1, 0.15) is 23.7 Å². The van der Waals surface area contributed by atoms with Gasteiger partial charge in [-0.25, -0.2) is 9.18 Å². The fourth-order valence-electron chi connectivity index (χ4n) is 2.39. The molecule has 0 radical (unpaired) electrons. The number of carboxylic acid groups (broad SMARTS) is 1. The maximum absolute atomic E-state index is 13.5. The average molecular weight is 320 g/mol. The molecule has 20 heavy (non-hydrogen) atoms. The highest BCUT2D eigenvalue weighted by molar-refractivity contribution is 6.36. The van der Waals surface area contributed by atoms with Crippen LogP contribution in [0.2, 0.25) is 10.0 Å². The Morgan fingerprint density at radius 1 is 1.35 bits per heavy atom. The lowest BCUT2D eigenvalue weighted by Gasteiger charge is -2.23. The van der Waals surface area contributed by atoms with Gasteiger partial charge in [-0.1, -0.05) is 30.1 Å².